The second-order valence-electron chi connectivity index (χ2n) is 8.71. The molecule has 8 nitrogen and oxygen atoms in total. The minimum Gasteiger partial charge on any atom is -0.335 e. The van der Waals surface area contributed by atoms with E-state index < -0.39 is 20.2 Å². The van der Waals surface area contributed by atoms with Gasteiger partial charge >= 0.3 is 0 Å². The van der Waals surface area contributed by atoms with E-state index in [-0.39, 0.29) is 24.3 Å². The molecular formula is C25H25N2O6S4+. The van der Waals surface area contributed by atoms with Crippen LogP contribution in [0.1, 0.15) is 17.8 Å². The largest absolute Gasteiger partial charge is 0.335 e. The van der Waals surface area contributed by atoms with E-state index in [1.165, 1.54) is 0 Å². The third-order valence-electron chi connectivity index (χ3n) is 6.07. The summed E-state index contributed by atoms with van der Waals surface area (Å²) in [5.74, 6) is -0.659. The van der Waals surface area contributed by atoms with Gasteiger partial charge in [-0.25, -0.2) is 0 Å². The molecule has 12 heteroatoms. The number of thiazole rings is 1. The third-order valence-corrected chi connectivity index (χ3v) is 9.88. The average molecular weight is 578 g/mol. The number of thioether (sulfide) groups is 1. The summed E-state index contributed by atoms with van der Waals surface area (Å²) in [4.78, 5) is 3.10. The van der Waals surface area contributed by atoms with Gasteiger partial charge < -0.3 is 4.90 Å². The van der Waals surface area contributed by atoms with Crippen molar-refractivity contribution in [2.45, 2.75) is 24.3 Å². The molecule has 0 amide bonds. The Hall–Kier alpha value is -2.48. The predicted molar refractivity (Wildman–Crippen MR) is 149 cm³/mol. The smallest absolute Gasteiger partial charge is 0.265 e. The van der Waals surface area contributed by atoms with E-state index in [4.69, 9.17) is 0 Å². The van der Waals surface area contributed by atoms with E-state index >= 15 is 0 Å². The molecule has 0 saturated heterocycles. The van der Waals surface area contributed by atoms with Crippen molar-refractivity contribution >= 4 is 76.1 Å². The van der Waals surface area contributed by atoms with Gasteiger partial charge in [-0.15, -0.1) is 0 Å². The molecule has 3 aromatic carbocycles. The summed E-state index contributed by atoms with van der Waals surface area (Å²) in [6.45, 7) is 0.805. The molecule has 37 heavy (non-hydrogen) atoms. The van der Waals surface area contributed by atoms with Gasteiger partial charge in [-0.05, 0) is 36.1 Å². The van der Waals surface area contributed by atoms with Crippen LogP contribution in [0.25, 0.3) is 27.1 Å². The summed E-state index contributed by atoms with van der Waals surface area (Å²) < 4.78 is 67.1. The molecule has 0 fully saturated rings. The fraction of sp³-hybridized carbons (Fsp3) is 0.240. The van der Waals surface area contributed by atoms with Crippen molar-refractivity contribution in [3.63, 3.8) is 0 Å². The van der Waals surface area contributed by atoms with E-state index in [2.05, 4.69) is 21.6 Å². The highest BCUT2D eigenvalue weighted by molar-refractivity contribution is 8.04. The Morgan fingerprint density at radius 1 is 0.865 bits per heavy atom. The molecule has 5 rings (SSSR count). The molecule has 4 aromatic rings. The summed E-state index contributed by atoms with van der Waals surface area (Å²) in [5, 5.41) is 3.96. The summed E-state index contributed by atoms with van der Waals surface area (Å²) in [6.07, 6.45) is 2.56. The maximum Gasteiger partial charge on any atom is 0.265 e. The minimum atomic E-state index is -4.08. The van der Waals surface area contributed by atoms with Gasteiger partial charge in [0.25, 0.3) is 25.2 Å². The number of rotatable bonds is 9. The molecule has 1 aromatic heterocycles. The molecule has 2 heterocycles. The molecule has 1 aliphatic rings. The second-order valence-corrected chi connectivity index (χ2v) is 14.0. The lowest BCUT2D eigenvalue weighted by Gasteiger charge is -2.19. The number of para-hydroxylation sites is 1. The van der Waals surface area contributed by atoms with Gasteiger partial charge in [0.1, 0.15) is 4.70 Å². The first-order valence-corrected chi connectivity index (χ1v) is 16.4. The van der Waals surface area contributed by atoms with Crippen LogP contribution in [0.4, 0.5) is 5.69 Å². The van der Waals surface area contributed by atoms with Crippen molar-refractivity contribution in [1.82, 2.24) is 0 Å². The van der Waals surface area contributed by atoms with Crippen LogP contribution in [-0.2, 0) is 26.8 Å². The molecule has 0 unspecified atom stereocenters. The first-order chi connectivity index (χ1) is 17.6. The maximum absolute atomic E-state index is 11.4. The van der Waals surface area contributed by atoms with Gasteiger partial charge in [-0.3, -0.25) is 9.11 Å². The average Bonchev–Trinajstić information content (AvgIpc) is 3.36. The number of aryl methyl sites for hydroxylation is 1. The summed E-state index contributed by atoms with van der Waals surface area (Å²) in [5.41, 5.74) is 1.97. The van der Waals surface area contributed by atoms with Crippen molar-refractivity contribution < 1.29 is 30.5 Å². The van der Waals surface area contributed by atoms with E-state index in [0.717, 1.165) is 41.6 Å². The van der Waals surface area contributed by atoms with E-state index in [1.54, 1.807) is 23.1 Å². The van der Waals surface area contributed by atoms with Crippen molar-refractivity contribution in [3.05, 3.63) is 70.7 Å². The van der Waals surface area contributed by atoms with Gasteiger partial charge in [0.15, 0.2) is 6.54 Å². The number of aromatic nitrogens is 1. The molecule has 0 radical (unpaired) electrons. The number of fused-ring (bicyclic) bond motifs is 4. The lowest BCUT2D eigenvalue weighted by atomic mass is 10.1. The van der Waals surface area contributed by atoms with Gasteiger partial charge in [0.05, 0.1) is 33.7 Å². The summed E-state index contributed by atoms with van der Waals surface area (Å²) in [6, 6.07) is 20.0. The molecule has 0 atom stereocenters. The summed E-state index contributed by atoms with van der Waals surface area (Å²) in [7, 11) is -8.14. The molecule has 2 N–H and O–H groups in total. The monoisotopic (exact) mass is 577 g/mol. The molecular weight excluding hydrogens is 553 g/mol. The zero-order chi connectivity index (χ0) is 26.2. The van der Waals surface area contributed by atoms with Crippen molar-refractivity contribution in [2.24, 2.45) is 0 Å². The van der Waals surface area contributed by atoms with Crippen LogP contribution >= 0.6 is 23.1 Å². The van der Waals surface area contributed by atoms with E-state index in [1.807, 2.05) is 54.6 Å². The fourth-order valence-electron chi connectivity index (χ4n) is 4.51. The number of benzene rings is 3. The molecule has 0 aliphatic carbocycles. The van der Waals surface area contributed by atoms with Crippen LogP contribution in [0.3, 0.4) is 0 Å². The van der Waals surface area contributed by atoms with Crippen molar-refractivity contribution in [2.75, 3.05) is 23.0 Å². The highest BCUT2D eigenvalue weighted by atomic mass is 32.2. The molecule has 0 bridgehead atoms. The van der Waals surface area contributed by atoms with Crippen LogP contribution in [0, 0.1) is 0 Å². The van der Waals surface area contributed by atoms with Crippen LogP contribution in [0.2, 0.25) is 0 Å². The second kappa shape index (κ2) is 10.4. The quantitative estimate of drug-likeness (QED) is 0.215. The highest BCUT2D eigenvalue weighted by Gasteiger charge is 2.28. The van der Waals surface area contributed by atoms with Gasteiger partial charge in [-0.1, -0.05) is 59.5 Å². The number of hydrogen-bond acceptors (Lipinski definition) is 7. The first kappa shape index (κ1) is 26.1. The normalized spacial score (nSPS) is 15.2. The summed E-state index contributed by atoms with van der Waals surface area (Å²) >= 11 is 3.17. The maximum atomic E-state index is 11.4. The zero-order valence-corrected chi connectivity index (χ0v) is 22.9. The van der Waals surface area contributed by atoms with Gasteiger partial charge in [-0.2, -0.15) is 21.4 Å². The third kappa shape index (κ3) is 6.00. The van der Waals surface area contributed by atoms with Crippen molar-refractivity contribution in [3.8, 4) is 0 Å². The Labute approximate surface area is 223 Å². The van der Waals surface area contributed by atoms with Crippen LogP contribution < -0.4 is 9.47 Å². The zero-order valence-electron chi connectivity index (χ0n) is 19.6. The Morgan fingerprint density at radius 3 is 2.35 bits per heavy atom. The predicted octanol–water partition coefficient (Wildman–Crippen LogP) is 4.81. The number of nitrogens with zero attached hydrogens (tertiary/aromatic N) is 2. The lowest BCUT2D eigenvalue weighted by Crippen LogP contribution is -2.36. The molecule has 194 valence electrons. The van der Waals surface area contributed by atoms with E-state index in [9.17, 15) is 25.9 Å². The van der Waals surface area contributed by atoms with E-state index in [0.29, 0.717) is 13.1 Å². The Balaban J connectivity index is 1.59. The molecule has 0 spiro atoms. The first-order valence-electron chi connectivity index (χ1n) is 11.6. The van der Waals surface area contributed by atoms with Gasteiger partial charge in [0, 0.05) is 17.9 Å². The van der Waals surface area contributed by atoms with Gasteiger partial charge in [0.2, 0.25) is 5.52 Å². The molecule has 0 saturated carbocycles. The lowest BCUT2D eigenvalue weighted by molar-refractivity contribution is -0.667. The fourth-order valence-corrected chi connectivity index (χ4v) is 7.84. The Bertz CT molecular complexity index is 1730. The van der Waals surface area contributed by atoms with Crippen LogP contribution in [-0.4, -0.2) is 44.0 Å². The SMILES string of the molecule is O=S(=O)(O)CCCN1/C(=C\c2sc3ccc4ccccc4c3[n+]2CCCS(=O)(=O)O)Sc2ccccc21. The number of anilines is 1. The topological polar surface area (TPSA) is 116 Å². The standard InChI is InChI=1S/C25H24N2O6S4/c28-36(29,30)15-5-13-26-20-9-3-4-10-21(20)34-23(26)17-24-27(14-6-16-37(31,32)33)25-19-8-2-1-7-18(19)11-12-22(25)35-24/h1-4,7-12,17H,5-6,13-16H2,(H-,28,29,30,31,32,33)/p+1. The van der Waals surface area contributed by atoms with Crippen LogP contribution in [0.15, 0.2) is 70.6 Å². The van der Waals surface area contributed by atoms with Crippen LogP contribution in [0.5, 0.6) is 0 Å². The minimum absolute atomic E-state index is 0.250. The number of hydrogen-bond donors (Lipinski definition) is 2. The highest BCUT2D eigenvalue weighted by Crippen LogP contribution is 2.46. The van der Waals surface area contributed by atoms with Crippen molar-refractivity contribution in [1.29, 1.82) is 0 Å². The Morgan fingerprint density at radius 2 is 1.57 bits per heavy atom. The molecule has 1 aliphatic heterocycles. The Kier molecular flexibility index (Phi) is 7.31.